The summed E-state index contributed by atoms with van der Waals surface area (Å²) >= 11 is 0. The number of para-hydroxylation sites is 1. The summed E-state index contributed by atoms with van der Waals surface area (Å²) in [7, 11) is 0. The quantitative estimate of drug-likeness (QED) is 0.803. The van der Waals surface area contributed by atoms with Gasteiger partial charge in [0.25, 0.3) is 0 Å². The third-order valence-corrected chi connectivity index (χ3v) is 4.26. The van der Waals surface area contributed by atoms with Crippen LogP contribution in [0.4, 0.5) is 0 Å². The molecule has 0 bridgehead atoms. The van der Waals surface area contributed by atoms with E-state index in [0.29, 0.717) is 18.2 Å². The number of phenols is 1. The number of hydrogen-bond donors (Lipinski definition) is 2. The third-order valence-electron chi connectivity index (χ3n) is 4.26. The van der Waals surface area contributed by atoms with Crippen LogP contribution in [0.25, 0.3) is 0 Å². The molecule has 88 valence electrons. The van der Waals surface area contributed by atoms with Crippen LogP contribution in [-0.2, 0) is 5.41 Å². The summed E-state index contributed by atoms with van der Waals surface area (Å²) in [5.41, 5.74) is 7.05. The van der Waals surface area contributed by atoms with E-state index < -0.39 is 0 Å². The zero-order valence-corrected chi connectivity index (χ0v) is 9.95. The van der Waals surface area contributed by atoms with Crippen molar-refractivity contribution < 1.29 is 5.11 Å². The van der Waals surface area contributed by atoms with E-state index in [1.165, 1.54) is 19.3 Å². The smallest absolute Gasteiger partial charge is 0.119 e. The maximum Gasteiger partial charge on any atom is 0.119 e. The Hall–Kier alpha value is -1.02. The summed E-state index contributed by atoms with van der Waals surface area (Å²) in [6.07, 6.45) is 4.82. The van der Waals surface area contributed by atoms with Crippen molar-refractivity contribution in [1.82, 2.24) is 0 Å². The van der Waals surface area contributed by atoms with Gasteiger partial charge in [0.15, 0.2) is 0 Å². The van der Waals surface area contributed by atoms with Gasteiger partial charge in [-0.25, -0.2) is 0 Å². The molecule has 2 unspecified atom stereocenters. The number of aromatic hydroxyl groups is 1. The molecule has 1 saturated carbocycles. The molecule has 3 N–H and O–H groups in total. The molecular weight excluding hydrogens is 198 g/mol. The summed E-state index contributed by atoms with van der Waals surface area (Å²) < 4.78 is 0. The van der Waals surface area contributed by atoms with Gasteiger partial charge in [0.1, 0.15) is 5.75 Å². The van der Waals surface area contributed by atoms with Gasteiger partial charge in [-0.05, 0) is 24.8 Å². The fourth-order valence-corrected chi connectivity index (χ4v) is 3.12. The van der Waals surface area contributed by atoms with Crippen molar-refractivity contribution in [2.24, 2.45) is 11.7 Å². The Bertz CT molecular complexity index is 364. The van der Waals surface area contributed by atoms with E-state index in [0.717, 1.165) is 12.0 Å². The summed E-state index contributed by atoms with van der Waals surface area (Å²) in [6, 6.07) is 7.67. The molecule has 0 amide bonds. The van der Waals surface area contributed by atoms with Crippen LogP contribution in [0.5, 0.6) is 5.75 Å². The maximum atomic E-state index is 10.0. The average Bonchev–Trinajstić information content (AvgIpc) is 2.31. The monoisotopic (exact) mass is 219 g/mol. The Morgan fingerprint density at radius 2 is 2.12 bits per heavy atom. The van der Waals surface area contributed by atoms with Gasteiger partial charge in [0, 0.05) is 17.5 Å². The minimum atomic E-state index is -0.0103. The van der Waals surface area contributed by atoms with Crippen LogP contribution in [0.2, 0.25) is 0 Å². The zero-order valence-electron chi connectivity index (χ0n) is 9.95. The molecule has 0 aromatic heterocycles. The van der Waals surface area contributed by atoms with Crippen LogP contribution in [0.1, 0.15) is 38.2 Å². The molecule has 1 fully saturated rings. The normalized spacial score (nSPS) is 30.2. The van der Waals surface area contributed by atoms with Crippen LogP contribution in [-0.4, -0.2) is 11.7 Å². The molecule has 0 radical (unpaired) electrons. The van der Waals surface area contributed by atoms with Crippen LogP contribution in [0.15, 0.2) is 24.3 Å². The van der Waals surface area contributed by atoms with Gasteiger partial charge in [-0.2, -0.15) is 0 Å². The standard InChI is InChI=1S/C14H21NO/c1-11-6-4-5-9-14(11,10-15)12-7-2-3-8-13(12)16/h2-3,7-8,11,16H,4-6,9-10,15H2,1H3. The number of rotatable bonds is 2. The maximum absolute atomic E-state index is 10.0. The molecule has 0 heterocycles. The van der Waals surface area contributed by atoms with Gasteiger partial charge < -0.3 is 10.8 Å². The lowest BCUT2D eigenvalue weighted by Gasteiger charge is -2.42. The predicted molar refractivity (Wildman–Crippen MR) is 66.5 cm³/mol. The van der Waals surface area contributed by atoms with E-state index >= 15 is 0 Å². The molecule has 1 aliphatic carbocycles. The lowest BCUT2D eigenvalue weighted by molar-refractivity contribution is 0.202. The van der Waals surface area contributed by atoms with E-state index in [9.17, 15) is 5.11 Å². The SMILES string of the molecule is CC1CCCCC1(CN)c1ccccc1O. The number of phenolic OH excluding ortho intramolecular Hbond substituents is 1. The molecule has 2 nitrogen and oxygen atoms in total. The summed E-state index contributed by atoms with van der Waals surface area (Å²) in [5, 5.41) is 10.0. The molecule has 2 rings (SSSR count). The topological polar surface area (TPSA) is 46.2 Å². The fourth-order valence-electron chi connectivity index (χ4n) is 3.12. The summed E-state index contributed by atoms with van der Waals surface area (Å²) in [4.78, 5) is 0. The van der Waals surface area contributed by atoms with Crippen molar-refractivity contribution >= 4 is 0 Å². The molecule has 1 aromatic rings. The van der Waals surface area contributed by atoms with Gasteiger partial charge in [-0.3, -0.25) is 0 Å². The molecule has 0 spiro atoms. The molecule has 2 heteroatoms. The number of hydrogen-bond acceptors (Lipinski definition) is 2. The number of nitrogens with two attached hydrogens (primary N) is 1. The van der Waals surface area contributed by atoms with Gasteiger partial charge in [-0.15, -0.1) is 0 Å². The third kappa shape index (κ3) is 1.71. The second-order valence-electron chi connectivity index (χ2n) is 5.02. The van der Waals surface area contributed by atoms with Crippen molar-refractivity contribution in [3.8, 4) is 5.75 Å². The van der Waals surface area contributed by atoms with Crippen molar-refractivity contribution in [1.29, 1.82) is 0 Å². The Morgan fingerprint density at radius 3 is 2.75 bits per heavy atom. The number of benzene rings is 1. The highest BCUT2D eigenvalue weighted by atomic mass is 16.3. The first kappa shape index (κ1) is 11.5. The minimum Gasteiger partial charge on any atom is -0.508 e. The molecule has 0 aliphatic heterocycles. The average molecular weight is 219 g/mol. The molecule has 1 aliphatic rings. The van der Waals surface area contributed by atoms with E-state index in [4.69, 9.17) is 5.73 Å². The first-order valence-electron chi connectivity index (χ1n) is 6.19. The van der Waals surface area contributed by atoms with Crippen molar-refractivity contribution in [3.63, 3.8) is 0 Å². The van der Waals surface area contributed by atoms with E-state index in [2.05, 4.69) is 6.92 Å². The van der Waals surface area contributed by atoms with Gasteiger partial charge >= 0.3 is 0 Å². The van der Waals surface area contributed by atoms with E-state index in [1.807, 2.05) is 18.2 Å². The molecule has 16 heavy (non-hydrogen) atoms. The zero-order chi connectivity index (χ0) is 11.6. The van der Waals surface area contributed by atoms with E-state index in [1.54, 1.807) is 6.07 Å². The second-order valence-corrected chi connectivity index (χ2v) is 5.02. The fraction of sp³-hybridized carbons (Fsp3) is 0.571. The van der Waals surface area contributed by atoms with Crippen molar-refractivity contribution in [2.75, 3.05) is 6.54 Å². The molecule has 1 aromatic carbocycles. The highest BCUT2D eigenvalue weighted by molar-refractivity contribution is 5.39. The Kier molecular flexibility index (Phi) is 3.20. The van der Waals surface area contributed by atoms with Gasteiger partial charge in [0.05, 0.1) is 0 Å². The Balaban J connectivity index is 2.44. The summed E-state index contributed by atoms with van der Waals surface area (Å²) in [6.45, 7) is 2.89. The van der Waals surface area contributed by atoms with Crippen LogP contribution < -0.4 is 5.73 Å². The first-order valence-corrected chi connectivity index (χ1v) is 6.19. The van der Waals surface area contributed by atoms with Crippen LogP contribution >= 0.6 is 0 Å². The van der Waals surface area contributed by atoms with E-state index in [-0.39, 0.29) is 5.41 Å². The first-order chi connectivity index (χ1) is 7.70. The van der Waals surface area contributed by atoms with Gasteiger partial charge in [0.2, 0.25) is 0 Å². The lowest BCUT2D eigenvalue weighted by atomic mass is 9.63. The Morgan fingerprint density at radius 1 is 1.38 bits per heavy atom. The Labute approximate surface area is 97.5 Å². The predicted octanol–water partition coefficient (Wildman–Crippen LogP) is 2.80. The molecule has 0 saturated heterocycles. The van der Waals surface area contributed by atoms with Gasteiger partial charge in [-0.1, -0.05) is 38.0 Å². The highest BCUT2D eigenvalue weighted by Crippen LogP contribution is 2.45. The van der Waals surface area contributed by atoms with Crippen molar-refractivity contribution in [3.05, 3.63) is 29.8 Å². The van der Waals surface area contributed by atoms with Crippen LogP contribution in [0, 0.1) is 5.92 Å². The van der Waals surface area contributed by atoms with Crippen LogP contribution in [0.3, 0.4) is 0 Å². The lowest BCUT2D eigenvalue weighted by Crippen LogP contribution is -2.43. The van der Waals surface area contributed by atoms with Crippen molar-refractivity contribution in [2.45, 2.75) is 38.0 Å². The largest absolute Gasteiger partial charge is 0.508 e. The molecular formula is C14H21NO. The summed E-state index contributed by atoms with van der Waals surface area (Å²) in [5.74, 6) is 0.959. The highest BCUT2D eigenvalue weighted by Gasteiger charge is 2.39. The minimum absolute atomic E-state index is 0.0103. The second kappa shape index (κ2) is 4.46. The molecule has 2 atom stereocenters.